The normalized spacial score (nSPS) is 14.9. The lowest BCUT2D eigenvalue weighted by Crippen LogP contribution is -2.04. The summed E-state index contributed by atoms with van der Waals surface area (Å²) in [7, 11) is 0. The van der Waals surface area contributed by atoms with E-state index in [0.29, 0.717) is 0 Å². The Morgan fingerprint density at radius 3 is 2.27 bits per heavy atom. The average Bonchev–Trinajstić information content (AvgIpc) is 2.26. The van der Waals surface area contributed by atoms with Crippen LogP contribution < -0.4 is 5.73 Å². The van der Waals surface area contributed by atoms with Gasteiger partial charge in [-0.1, -0.05) is 32.4 Å². The van der Waals surface area contributed by atoms with Gasteiger partial charge in [-0.05, 0) is 30.5 Å². The summed E-state index contributed by atoms with van der Waals surface area (Å²) in [5.74, 6) is 2.00. The molecule has 1 aromatic rings. The van der Waals surface area contributed by atoms with Crippen molar-refractivity contribution in [3.05, 3.63) is 29.8 Å². The highest BCUT2D eigenvalue weighted by atomic mass is 32.2. The maximum absolute atomic E-state index is 5.80. The molecule has 1 rings (SSSR count). The minimum Gasteiger partial charge on any atom is -0.324 e. The Labute approximate surface area is 97.4 Å². The van der Waals surface area contributed by atoms with E-state index in [1.807, 2.05) is 18.7 Å². The third-order valence-electron chi connectivity index (χ3n) is 2.64. The van der Waals surface area contributed by atoms with Crippen LogP contribution in [0.3, 0.4) is 0 Å². The molecule has 0 aromatic heterocycles. The summed E-state index contributed by atoms with van der Waals surface area (Å²) in [4.78, 5) is 1.35. The van der Waals surface area contributed by atoms with Crippen molar-refractivity contribution in [3.63, 3.8) is 0 Å². The van der Waals surface area contributed by atoms with E-state index in [1.165, 1.54) is 22.6 Å². The molecule has 2 N–H and O–H groups in total. The average molecular weight is 223 g/mol. The zero-order valence-corrected chi connectivity index (χ0v) is 10.7. The van der Waals surface area contributed by atoms with E-state index in [4.69, 9.17) is 5.73 Å². The van der Waals surface area contributed by atoms with Crippen molar-refractivity contribution < 1.29 is 0 Å². The number of hydrogen-bond donors (Lipinski definition) is 1. The van der Waals surface area contributed by atoms with Crippen LogP contribution in [0, 0.1) is 5.92 Å². The first-order valence-corrected chi connectivity index (χ1v) is 6.60. The first kappa shape index (κ1) is 12.6. The summed E-state index contributed by atoms with van der Waals surface area (Å²) in [6.07, 6.45) is 1.25. The molecule has 0 spiro atoms. The largest absolute Gasteiger partial charge is 0.324 e. The van der Waals surface area contributed by atoms with E-state index in [-0.39, 0.29) is 6.04 Å². The van der Waals surface area contributed by atoms with Crippen LogP contribution in [-0.2, 0) is 0 Å². The van der Waals surface area contributed by atoms with Crippen molar-refractivity contribution in [2.75, 3.05) is 5.75 Å². The first-order chi connectivity index (χ1) is 7.13. The molecule has 1 unspecified atom stereocenters. The minimum absolute atomic E-state index is 0.138. The summed E-state index contributed by atoms with van der Waals surface area (Å²) in [5.41, 5.74) is 7.01. The molecule has 0 amide bonds. The van der Waals surface area contributed by atoms with Crippen LogP contribution in [0.5, 0.6) is 0 Å². The van der Waals surface area contributed by atoms with Crippen molar-refractivity contribution in [3.8, 4) is 0 Å². The fourth-order valence-corrected chi connectivity index (χ4v) is 2.27. The van der Waals surface area contributed by atoms with Gasteiger partial charge in [-0.25, -0.2) is 0 Å². The molecule has 0 aliphatic rings. The van der Waals surface area contributed by atoms with E-state index in [0.717, 1.165) is 5.92 Å². The molecule has 0 aliphatic carbocycles. The second kappa shape index (κ2) is 6.19. The van der Waals surface area contributed by atoms with Crippen molar-refractivity contribution in [1.29, 1.82) is 0 Å². The highest BCUT2D eigenvalue weighted by Crippen LogP contribution is 2.23. The fourth-order valence-electron chi connectivity index (χ4n) is 1.22. The van der Waals surface area contributed by atoms with Gasteiger partial charge in [-0.15, -0.1) is 11.8 Å². The Balaban J connectivity index is 2.50. The van der Waals surface area contributed by atoms with Crippen molar-refractivity contribution >= 4 is 11.8 Å². The molecular formula is C13H21NS. The Bertz CT molecular complexity index is 279. The number of benzene rings is 1. The van der Waals surface area contributed by atoms with Crippen LogP contribution >= 0.6 is 11.8 Å². The smallest absolute Gasteiger partial charge is 0.0266 e. The predicted molar refractivity (Wildman–Crippen MR) is 69.2 cm³/mol. The van der Waals surface area contributed by atoms with E-state index in [9.17, 15) is 0 Å². The molecule has 1 aromatic carbocycles. The molecule has 0 heterocycles. The minimum atomic E-state index is 0.138. The second-order valence-electron chi connectivity index (χ2n) is 4.18. The first-order valence-electron chi connectivity index (χ1n) is 5.61. The van der Waals surface area contributed by atoms with Crippen molar-refractivity contribution in [2.45, 2.75) is 38.1 Å². The summed E-state index contributed by atoms with van der Waals surface area (Å²) in [6, 6.07) is 8.74. The monoisotopic (exact) mass is 223 g/mol. The highest BCUT2D eigenvalue weighted by Gasteiger charge is 2.02. The molecule has 2 atom stereocenters. The molecule has 0 saturated carbocycles. The fraction of sp³-hybridized carbons (Fsp3) is 0.538. The molecule has 0 fully saturated rings. The quantitative estimate of drug-likeness (QED) is 0.767. The van der Waals surface area contributed by atoms with Gasteiger partial charge in [-0.3, -0.25) is 0 Å². The zero-order valence-electron chi connectivity index (χ0n) is 9.86. The Morgan fingerprint density at radius 1 is 1.20 bits per heavy atom. The topological polar surface area (TPSA) is 26.0 Å². The van der Waals surface area contributed by atoms with Gasteiger partial charge in [0.15, 0.2) is 0 Å². The van der Waals surface area contributed by atoms with Gasteiger partial charge in [0.2, 0.25) is 0 Å². The molecule has 0 aliphatic heterocycles. The maximum Gasteiger partial charge on any atom is 0.0266 e. The lowest BCUT2D eigenvalue weighted by molar-refractivity contribution is 0.637. The van der Waals surface area contributed by atoms with Crippen LogP contribution in [0.15, 0.2) is 29.2 Å². The standard InChI is InChI=1S/C13H21NS/c1-4-10(2)9-15-13-7-5-12(6-8-13)11(3)14/h5-8,10-11H,4,9,14H2,1-3H3/t10?,11-/m0/s1. The summed E-state index contributed by atoms with van der Waals surface area (Å²) >= 11 is 1.93. The van der Waals surface area contributed by atoms with E-state index in [2.05, 4.69) is 38.1 Å². The van der Waals surface area contributed by atoms with Crippen molar-refractivity contribution in [2.24, 2.45) is 11.7 Å². The van der Waals surface area contributed by atoms with Gasteiger partial charge < -0.3 is 5.73 Å². The number of nitrogens with two attached hydrogens (primary N) is 1. The lowest BCUT2D eigenvalue weighted by atomic mass is 10.1. The molecule has 84 valence electrons. The van der Waals surface area contributed by atoms with E-state index < -0.39 is 0 Å². The summed E-state index contributed by atoms with van der Waals surface area (Å²) in [6.45, 7) is 6.55. The van der Waals surface area contributed by atoms with Gasteiger partial charge in [-0.2, -0.15) is 0 Å². The molecule has 0 saturated heterocycles. The highest BCUT2D eigenvalue weighted by molar-refractivity contribution is 7.99. The third kappa shape index (κ3) is 4.27. The number of hydrogen-bond acceptors (Lipinski definition) is 2. The SMILES string of the molecule is CCC(C)CSc1ccc([C@H](C)N)cc1. The van der Waals surface area contributed by atoms with Crippen LogP contribution in [0.2, 0.25) is 0 Å². The maximum atomic E-state index is 5.80. The van der Waals surface area contributed by atoms with E-state index in [1.54, 1.807) is 0 Å². The van der Waals surface area contributed by atoms with Gasteiger partial charge in [0, 0.05) is 16.7 Å². The Morgan fingerprint density at radius 2 is 1.80 bits per heavy atom. The number of thioether (sulfide) groups is 1. The Kier molecular flexibility index (Phi) is 5.20. The van der Waals surface area contributed by atoms with E-state index >= 15 is 0 Å². The summed E-state index contributed by atoms with van der Waals surface area (Å²) < 4.78 is 0. The molecule has 2 heteroatoms. The van der Waals surface area contributed by atoms with Crippen LogP contribution in [0.4, 0.5) is 0 Å². The molecular weight excluding hydrogens is 202 g/mol. The Hall–Kier alpha value is -0.470. The van der Waals surface area contributed by atoms with Gasteiger partial charge in [0.25, 0.3) is 0 Å². The van der Waals surface area contributed by atoms with Crippen LogP contribution in [-0.4, -0.2) is 5.75 Å². The lowest BCUT2D eigenvalue weighted by Gasteiger charge is -2.09. The third-order valence-corrected chi connectivity index (χ3v) is 3.98. The zero-order chi connectivity index (χ0) is 11.3. The van der Waals surface area contributed by atoms with Crippen LogP contribution in [0.25, 0.3) is 0 Å². The molecule has 15 heavy (non-hydrogen) atoms. The second-order valence-corrected chi connectivity index (χ2v) is 5.28. The summed E-state index contributed by atoms with van der Waals surface area (Å²) in [5, 5.41) is 0. The van der Waals surface area contributed by atoms with Gasteiger partial charge in [0.1, 0.15) is 0 Å². The molecule has 1 nitrogen and oxygen atoms in total. The van der Waals surface area contributed by atoms with Gasteiger partial charge >= 0.3 is 0 Å². The molecule has 0 bridgehead atoms. The van der Waals surface area contributed by atoms with Crippen LogP contribution in [0.1, 0.15) is 38.8 Å². The predicted octanol–water partition coefficient (Wildman–Crippen LogP) is 3.84. The molecule has 0 radical (unpaired) electrons. The van der Waals surface area contributed by atoms with Gasteiger partial charge in [0.05, 0.1) is 0 Å². The van der Waals surface area contributed by atoms with Crippen molar-refractivity contribution in [1.82, 2.24) is 0 Å². The number of rotatable bonds is 5.